The van der Waals surface area contributed by atoms with E-state index < -0.39 is 0 Å². The van der Waals surface area contributed by atoms with Crippen molar-refractivity contribution in [3.05, 3.63) is 27.7 Å². The maximum Gasteiger partial charge on any atom is 0.261 e. The molecule has 0 aliphatic carbocycles. The number of thiol groups is 1. The molecule has 2 aromatic heterocycles. The molecule has 0 unspecified atom stereocenters. The van der Waals surface area contributed by atoms with E-state index in [-0.39, 0.29) is 5.56 Å². The van der Waals surface area contributed by atoms with Gasteiger partial charge < -0.3 is 4.98 Å². The number of aromatic amines is 1. The SMILES string of the molecule is Cc1cc(C)c2c(=O)[nH]c(S)nc2n1. The van der Waals surface area contributed by atoms with Crippen LogP contribution in [0.25, 0.3) is 11.0 Å². The Labute approximate surface area is 85.8 Å². The molecule has 0 amide bonds. The van der Waals surface area contributed by atoms with E-state index in [9.17, 15) is 4.79 Å². The van der Waals surface area contributed by atoms with E-state index in [1.165, 1.54) is 0 Å². The van der Waals surface area contributed by atoms with Gasteiger partial charge in [0.25, 0.3) is 5.56 Å². The lowest BCUT2D eigenvalue weighted by Crippen LogP contribution is -2.11. The number of aromatic nitrogens is 3. The molecular formula is C9H9N3OS. The maximum absolute atomic E-state index is 11.5. The van der Waals surface area contributed by atoms with Gasteiger partial charge in [-0.15, -0.1) is 12.6 Å². The Bertz CT molecular complexity index is 556. The summed E-state index contributed by atoms with van der Waals surface area (Å²) in [5.41, 5.74) is 2.00. The molecule has 0 aromatic carbocycles. The van der Waals surface area contributed by atoms with Crippen LogP contribution in [0.15, 0.2) is 16.0 Å². The lowest BCUT2D eigenvalue weighted by Gasteiger charge is -2.01. The zero-order chi connectivity index (χ0) is 10.3. The number of rotatable bonds is 0. The van der Waals surface area contributed by atoms with E-state index in [1.807, 2.05) is 19.9 Å². The standard InChI is InChI=1S/C9H9N3OS/c1-4-3-5(2)10-7-6(4)8(13)12-9(14)11-7/h3H,1-2H3,(H2,10,11,12,13,14). The minimum atomic E-state index is -0.190. The van der Waals surface area contributed by atoms with E-state index in [0.29, 0.717) is 16.2 Å². The monoisotopic (exact) mass is 207 g/mol. The smallest absolute Gasteiger partial charge is 0.261 e. The molecule has 2 aromatic rings. The second-order valence-electron chi connectivity index (χ2n) is 3.17. The largest absolute Gasteiger partial charge is 0.301 e. The number of pyridine rings is 1. The van der Waals surface area contributed by atoms with Crippen molar-refractivity contribution in [2.24, 2.45) is 0 Å². The predicted molar refractivity (Wildman–Crippen MR) is 56.9 cm³/mol. The van der Waals surface area contributed by atoms with E-state index >= 15 is 0 Å². The molecule has 0 fully saturated rings. The topological polar surface area (TPSA) is 58.6 Å². The molecule has 72 valence electrons. The molecule has 0 bridgehead atoms. The number of hydrogen-bond acceptors (Lipinski definition) is 4. The molecule has 2 rings (SSSR count). The Hall–Kier alpha value is -1.36. The zero-order valence-corrected chi connectivity index (χ0v) is 8.72. The van der Waals surface area contributed by atoms with Crippen LogP contribution in [0, 0.1) is 13.8 Å². The lowest BCUT2D eigenvalue weighted by molar-refractivity contribution is 0.961. The van der Waals surface area contributed by atoms with Gasteiger partial charge in [-0.1, -0.05) is 0 Å². The lowest BCUT2D eigenvalue weighted by atomic mass is 10.2. The van der Waals surface area contributed by atoms with Crippen LogP contribution in [0.5, 0.6) is 0 Å². The molecule has 0 saturated heterocycles. The molecule has 0 aliphatic rings. The predicted octanol–water partition coefficient (Wildman–Crippen LogP) is 1.22. The minimum absolute atomic E-state index is 0.190. The summed E-state index contributed by atoms with van der Waals surface area (Å²) in [5, 5.41) is 0.827. The Kier molecular flexibility index (Phi) is 2.03. The average molecular weight is 207 g/mol. The van der Waals surface area contributed by atoms with Crippen molar-refractivity contribution < 1.29 is 0 Å². The fourth-order valence-electron chi connectivity index (χ4n) is 1.47. The summed E-state index contributed by atoms with van der Waals surface area (Å²) in [4.78, 5) is 22.3. The van der Waals surface area contributed by atoms with Crippen LogP contribution in [0.2, 0.25) is 0 Å². The van der Waals surface area contributed by atoms with Gasteiger partial charge in [0.15, 0.2) is 10.8 Å². The Morgan fingerprint density at radius 2 is 2.07 bits per heavy atom. The second kappa shape index (κ2) is 3.09. The van der Waals surface area contributed by atoms with Gasteiger partial charge in [-0.05, 0) is 25.5 Å². The summed E-state index contributed by atoms with van der Waals surface area (Å²) in [6.07, 6.45) is 0. The van der Waals surface area contributed by atoms with Crippen molar-refractivity contribution in [2.75, 3.05) is 0 Å². The van der Waals surface area contributed by atoms with Crippen LogP contribution in [0.4, 0.5) is 0 Å². The second-order valence-corrected chi connectivity index (χ2v) is 3.59. The van der Waals surface area contributed by atoms with E-state index in [2.05, 4.69) is 27.6 Å². The molecule has 2 heterocycles. The summed E-state index contributed by atoms with van der Waals surface area (Å²) in [7, 11) is 0. The molecule has 14 heavy (non-hydrogen) atoms. The van der Waals surface area contributed by atoms with Crippen molar-refractivity contribution in [2.45, 2.75) is 19.0 Å². The highest BCUT2D eigenvalue weighted by Gasteiger charge is 2.06. The molecule has 5 heteroatoms. The van der Waals surface area contributed by atoms with Crippen molar-refractivity contribution >= 4 is 23.7 Å². The third kappa shape index (κ3) is 1.39. The number of nitrogens with zero attached hydrogens (tertiary/aromatic N) is 2. The van der Waals surface area contributed by atoms with Crippen LogP contribution >= 0.6 is 12.6 Å². The minimum Gasteiger partial charge on any atom is -0.301 e. The van der Waals surface area contributed by atoms with E-state index in [1.54, 1.807) is 0 Å². The number of aryl methyl sites for hydroxylation is 2. The van der Waals surface area contributed by atoms with Crippen molar-refractivity contribution in [3.8, 4) is 0 Å². The van der Waals surface area contributed by atoms with Crippen LogP contribution < -0.4 is 5.56 Å². The maximum atomic E-state index is 11.5. The van der Waals surface area contributed by atoms with Crippen molar-refractivity contribution in [1.82, 2.24) is 15.0 Å². The highest BCUT2D eigenvalue weighted by Crippen LogP contribution is 2.12. The molecule has 0 radical (unpaired) electrons. The van der Waals surface area contributed by atoms with Gasteiger partial charge in [-0.25, -0.2) is 9.97 Å². The average Bonchev–Trinajstić information content (AvgIpc) is 1.99. The fourth-order valence-corrected chi connectivity index (χ4v) is 1.67. The molecule has 1 N–H and O–H groups in total. The summed E-state index contributed by atoms with van der Waals surface area (Å²) < 4.78 is 0. The van der Waals surface area contributed by atoms with Crippen LogP contribution in [-0.2, 0) is 0 Å². The first-order chi connectivity index (χ1) is 6.58. The molecule has 0 spiro atoms. The normalized spacial score (nSPS) is 10.8. The zero-order valence-electron chi connectivity index (χ0n) is 7.83. The summed E-state index contributed by atoms with van der Waals surface area (Å²) in [5.74, 6) is 0. The molecular weight excluding hydrogens is 198 g/mol. The molecule has 0 saturated carbocycles. The Morgan fingerprint density at radius 3 is 2.79 bits per heavy atom. The summed E-state index contributed by atoms with van der Waals surface area (Å²) in [6.45, 7) is 3.74. The summed E-state index contributed by atoms with van der Waals surface area (Å²) >= 11 is 3.99. The number of fused-ring (bicyclic) bond motifs is 1. The van der Waals surface area contributed by atoms with E-state index in [4.69, 9.17) is 0 Å². The van der Waals surface area contributed by atoms with Gasteiger partial charge in [0.1, 0.15) is 0 Å². The summed E-state index contributed by atoms with van der Waals surface area (Å²) in [6, 6.07) is 1.86. The highest BCUT2D eigenvalue weighted by molar-refractivity contribution is 7.80. The number of nitrogens with one attached hydrogen (secondary N) is 1. The third-order valence-electron chi connectivity index (χ3n) is 1.99. The molecule has 0 aliphatic heterocycles. The van der Waals surface area contributed by atoms with Gasteiger partial charge in [0.2, 0.25) is 0 Å². The first-order valence-electron chi connectivity index (χ1n) is 4.15. The van der Waals surface area contributed by atoms with E-state index in [0.717, 1.165) is 11.3 Å². The van der Waals surface area contributed by atoms with Crippen LogP contribution in [0.1, 0.15) is 11.3 Å². The molecule has 4 nitrogen and oxygen atoms in total. The van der Waals surface area contributed by atoms with Gasteiger partial charge in [-0.3, -0.25) is 4.79 Å². The number of H-pyrrole nitrogens is 1. The van der Waals surface area contributed by atoms with Gasteiger partial charge in [0, 0.05) is 5.69 Å². The van der Waals surface area contributed by atoms with Crippen LogP contribution in [0.3, 0.4) is 0 Å². The Morgan fingerprint density at radius 1 is 1.36 bits per heavy atom. The highest BCUT2D eigenvalue weighted by atomic mass is 32.1. The van der Waals surface area contributed by atoms with Gasteiger partial charge >= 0.3 is 0 Å². The third-order valence-corrected chi connectivity index (χ3v) is 2.20. The van der Waals surface area contributed by atoms with Crippen molar-refractivity contribution in [3.63, 3.8) is 0 Å². The van der Waals surface area contributed by atoms with Crippen LogP contribution in [-0.4, -0.2) is 15.0 Å². The Balaban J connectivity index is 3.02. The number of hydrogen-bond donors (Lipinski definition) is 2. The molecule has 0 atom stereocenters. The van der Waals surface area contributed by atoms with Crippen molar-refractivity contribution in [1.29, 1.82) is 0 Å². The first-order valence-corrected chi connectivity index (χ1v) is 4.60. The fraction of sp³-hybridized carbons (Fsp3) is 0.222. The van der Waals surface area contributed by atoms with Gasteiger partial charge in [0.05, 0.1) is 5.39 Å². The first kappa shape index (κ1) is 9.21. The van der Waals surface area contributed by atoms with Gasteiger partial charge in [-0.2, -0.15) is 0 Å². The quantitative estimate of drug-likeness (QED) is 0.504.